The van der Waals surface area contributed by atoms with E-state index in [2.05, 4.69) is 45.3 Å². The summed E-state index contributed by atoms with van der Waals surface area (Å²) in [5.74, 6) is 2.00. The van der Waals surface area contributed by atoms with Crippen molar-refractivity contribution in [2.24, 2.45) is 5.92 Å². The average molecular weight is 357 g/mol. The number of pyridine rings is 1. The van der Waals surface area contributed by atoms with Gasteiger partial charge in [0.25, 0.3) is 0 Å². The van der Waals surface area contributed by atoms with Crippen LogP contribution in [0.2, 0.25) is 0 Å². The maximum absolute atomic E-state index is 4.46. The lowest BCUT2D eigenvalue weighted by molar-refractivity contribution is 0.285. The average Bonchev–Trinajstić information content (AvgIpc) is 2.50. The van der Waals surface area contributed by atoms with Crippen molar-refractivity contribution in [3.05, 3.63) is 22.8 Å². The SMILES string of the molecule is CCCNC(CSc1ccc(Br)cn1)C1CCCCC1. The molecular weight excluding hydrogens is 332 g/mol. The third-order valence-electron chi connectivity index (χ3n) is 3.99. The zero-order valence-electron chi connectivity index (χ0n) is 12.3. The van der Waals surface area contributed by atoms with E-state index in [4.69, 9.17) is 0 Å². The van der Waals surface area contributed by atoms with Crippen LogP contribution >= 0.6 is 27.7 Å². The van der Waals surface area contributed by atoms with Crippen molar-refractivity contribution in [1.29, 1.82) is 0 Å². The largest absolute Gasteiger partial charge is 0.313 e. The molecular formula is C16H25BrN2S. The Hall–Kier alpha value is -0.0600. The minimum Gasteiger partial charge on any atom is -0.313 e. The molecule has 0 spiro atoms. The van der Waals surface area contributed by atoms with E-state index in [-0.39, 0.29) is 0 Å². The highest BCUT2D eigenvalue weighted by Crippen LogP contribution is 2.29. The number of thioether (sulfide) groups is 1. The van der Waals surface area contributed by atoms with Gasteiger partial charge in [-0.2, -0.15) is 0 Å². The van der Waals surface area contributed by atoms with Gasteiger partial charge in [0, 0.05) is 22.5 Å². The molecule has 4 heteroatoms. The Morgan fingerprint density at radius 1 is 1.35 bits per heavy atom. The van der Waals surface area contributed by atoms with Crippen LogP contribution in [-0.2, 0) is 0 Å². The van der Waals surface area contributed by atoms with Crippen molar-refractivity contribution in [3.63, 3.8) is 0 Å². The summed E-state index contributed by atoms with van der Waals surface area (Å²) < 4.78 is 1.05. The van der Waals surface area contributed by atoms with Gasteiger partial charge in [0.1, 0.15) is 0 Å². The Labute approximate surface area is 135 Å². The number of hydrogen-bond donors (Lipinski definition) is 1. The molecule has 0 bridgehead atoms. The Kier molecular flexibility index (Phi) is 7.39. The Morgan fingerprint density at radius 2 is 2.15 bits per heavy atom. The fraction of sp³-hybridized carbons (Fsp3) is 0.688. The molecule has 1 atom stereocenters. The maximum atomic E-state index is 4.46. The normalized spacial score (nSPS) is 18.1. The summed E-state index contributed by atoms with van der Waals surface area (Å²) in [5, 5.41) is 4.89. The molecule has 1 aromatic rings. The zero-order chi connectivity index (χ0) is 14.2. The van der Waals surface area contributed by atoms with Crippen molar-refractivity contribution < 1.29 is 0 Å². The molecule has 1 heterocycles. The van der Waals surface area contributed by atoms with Crippen LogP contribution in [0.15, 0.2) is 27.8 Å². The highest BCUT2D eigenvalue weighted by Gasteiger charge is 2.23. The van der Waals surface area contributed by atoms with Gasteiger partial charge in [-0.15, -0.1) is 11.8 Å². The van der Waals surface area contributed by atoms with E-state index in [9.17, 15) is 0 Å². The molecule has 1 N–H and O–H groups in total. The summed E-state index contributed by atoms with van der Waals surface area (Å²) in [7, 11) is 0. The van der Waals surface area contributed by atoms with Crippen LogP contribution in [0.4, 0.5) is 0 Å². The third-order valence-corrected chi connectivity index (χ3v) is 5.52. The van der Waals surface area contributed by atoms with Crippen LogP contribution in [0, 0.1) is 5.92 Å². The zero-order valence-corrected chi connectivity index (χ0v) is 14.7. The number of rotatable bonds is 7. The van der Waals surface area contributed by atoms with Crippen LogP contribution in [0.1, 0.15) is 45.4 Å². The van der Waals surface area contributed by atoms with Crippen LogP contribution in [-0.4, -0.2) is 23.3 Å². The Balaban J connectivity index is 1.87. The fourth-order valence-corrected chi connectivity index (χ4v) is 4.12. The number of nitrogens with zero attached hydrogens (tertiary/aromatic N) is 1. The molecule has 1 aromatic heterocycles. The van der Waals surface area contributed by atoms with Gasteiger partial charge in [0.15, 0.2) is 0 Å². The minimum atomic E-state index is 0.644. The summed E-state index contributed by atoms with van der Waals surface area (Å²) in [4.78, 5) is 4.46. The summed E-state index contributed by atoms with van der Waals surface area (Å²) in [6.45, 7) is 3.38. The van der Waals surface area contributed by atoms with Gasteiger partial charge < -0.3 is 5.32 Å². The van der Waals surface area contributed by atoms with Gasteiger partial charge in [0.05, 0.1) is 5.03 Å². The van der Waals surface area contributed by atoms with Crippen molar-refractivity contribution >= 4 is 27.7 Å². The predicted octanol–water partition coefficient (Wildman–Crippen LogP) is 4.88. The minimum absolute atomic E-state index is 0.644. The molecule has 0 radical (unpaired) electrons. The van der Waals surface area contributed by atoms with Crippen LogP contribution in [0.3, 0.4) is 0 Å². The standard InChI is InChI=1S/C16H25BrN2S/c1-2-10-18-15(13-6-4-3-5-7-13)12-20-16-9-8-14(17)11-19-16/h8-9,11,13,15,18H,2-7,10,12H2,1H3. The smallest absolute Gasteiger partial charge is 0.0961 e. The summed E-state index contributed by atoms with van der Waals surface area (Å²) in [5.41, 5.74) is 0. The molecule has 2 rings (SSSR count). The van der Waals surface area contributed by atoms with E-state index in [0.717, 1.165) is 27.7 Å². The molecule has 0 aromatic carbocycles. The summed E-state index contributed by atoms with van der Waals surface area (Å²) >= 11 is 5.33. The Morgan fingerprint density at radius 3 is 2.80 bits per heavy atom. The summed E-state index contributed by atoms with van der Waals surface area (Å²) in [6, 6.07) is 4.82. The van der Waals surface area contributed by atoms with Crippen molar-refractivity contribution in [2.75, 3.05) is 12.3 Å². The van der Waals surface area contributed by atoms with Crippen molar-refractivity contribution in [1.82, 2.24) is 10.3 Å². The van der Waals surface area contributed by atoms with Crippen molar-refractivity contribution in [3.8, 4) is 0 Å². The molecule has 2 nitrogen and oxygen atoms in total. The Bertz CT molecular complexity index is 377. The lowest BCUT2D eigenvalue weighted by Gasteiger charge is -2.30. The molecule has 1 saturated carbocycles. The lowest BCUT2D eigenvalue weighted by Crippen LogP contribution is -2.39. The number of hydrogen-bond acceptors (Lipinski definition) is 3. The molecule has 1 unspecified atom stereocenters. The van der Waals surface area contributed by atoms with E-state index in [1.54, 1.807) is 0 Å². The van der Waals surface area contributed by atoms with Gasteiger partial charge in [-0.3, -0.25) is 0 Å². The van der Waals surface area contributed by atoms with Crippen LogP contribution < -0.4 is 5.32 Å². The predicted molar refractivity (Wildman–Crippen MR) is 91.3 cm³/mol. The first kappa shape index (κ1) is 16.3. The molecule has 1 aliphatic rings. The topological polar surface area (TPSA) is 24.9 Å². The second kappa shape index (κ2) is 9.06. The van der Waals surface area contributed by atoms with E-state index in [0.29, 0.717) is 6.04 Å². The first-order valence-electron chi connectivity index (χ1n) is 7.77. The number of aromatic nitrogens is 1. The second-order valence-electron chi connectivity index (χ2n) is 5.58. The van der Waals surface area contributed by atoms with Crippen molar-refractivity contribution in [2.45, 2.75) is 56.5 Å². The van der Waals surface area contributed by atoms with Gasteiger partial charge in [-0.25, -0.2) is 4.98 Å². The molecule has 0 saturated heterocycles. The molecule has 1 fully saturated rings. The van der Waals surface area contributed by atoms with E-state index >= 15 is 0 Å². The van der Waals surface area contributed by atoms with E-state index < -0.39 is 0 Å². The van der Waals surface area contributed by atoms with Gasteiger partial charge in [-0.1, -0.05) is 26.2 Å². The molecule has 112 valence electrons. The van der Waals surface area contributed by atoms with Crippen LogP contribution in [0.25, 0.3) is 0 Å². The first-order valence-corrected chi connectivity index (χ1v) is 9.55. The highest BCUT2D eigenvalue weighted by atomic mass is 79.9. The second-order valence-corrected chi connectivity index (χ2v) is 7.54. The van der Waals surface area contributed by atoms with E-state index in [1.807, 2.05) is 18.0 Å². The maximum Gasteiger partial charge on any atom is 0.0961 e. The monoisotopic (exact) mass is 356 g/mol. The summed E-state index contributed by atoms with van der Waals surface area (Å²) in [6.07, 6.45) is 10.2. The first-order chi connectivity index (χ1) is 9.79. The van der Waals surface area contributed by atoms with Gasteiger partial charge in [-0.05, 0) is 59.8 Å². The molecule has 0 aliphatic heterocycles. The third kappa shape index (κ3) is 5.38. The van der Waals surface area contributed by atoms with Crippen LogP contribution in [0.5, 0.6) is 0 Å². The van der Waals surface area contributed by atoms with Gasteiger partial charge >= 0.3 is 0 Å². The molecule has 1 aliphatic carbocycles. The molecule has 0 amide bonds. The number of halogens is 1. The van der Waals surface area contributed by atoms with E-state index in [1.165, 1.54) is 38.5 Å². The van der Waals surface area contributed by atoms with Gasteiger partial charge in [0.2, 0.25) is 0 Å². The number of nitrogens with one attached hydrogen (secondary N) is 1. The highest BCUT2D eigenvalue weighted by molar-refractivity contribution is 9.10. The molecule has 20 heavy (non-hydrogen) atoms. The lowest BCUT2D eigenvalue weighted by atomic mass is 9.84. The quantitative estimate of drug-likeness (QED) is 0.704. The fourth-order valence-electron chi connectivity index (χ4n) is 2.85.